The van der Waals surface area contributed by atoms with Crippen LogP contribution in [0.3, 0.4) is 0 Å². The van der Waals surface area contributed by atoms with E-state index in [0.29, 0.717) is 44.2 Å². The predicted octanol–water partition coefficient (Wildman–Crippen LogP) is 1.72. The zero-order valence-electron chi connectivity index (χ0n) is 10.8. The third kappa shape index (κ3) is 1.85. The highest BCUT2D eigenvalue weighted by atomic mass is 16.6. The number of ether oxygens (including phenoxy) is 3. The summed E-state index contributed by atoms with van der Waals surface area (Å²) in [5.41, 5.74) is 0.783. The summed E-state index contributed by atoms with van der Waals surface area (Å²) < 4.78 is 16.4. The van der Waals surface area contributed by atoms with E-state index in [1.54, 1.807) is 7.11 Å². The number of methoxy groups -OCH3 is 1. The second kappa shape index (κ2) is 4.42. The van der Waals surface area contributed by atoms with Gasteiger partial charge >= 0.3 is 5.97 Å². The summed E-state index contributed by atoms with van der Waals surface area (Å²) in [6.07, 6.45) is 1.28. The number of carbonyl (C=O) groups is 1. The molecular formula is C14H16O5. The maximum absolute atomic E-state index is 11.6. The first-order valence-corrected chi connectivity index (χ1v) is 6.33. The van der Waals surface area contributed by atoms with Gasteiger partial charge in [0.05, 0.1) is 12.0 Å². The monoisotopic (exact) mass is 264 g/mol. The molecule has 2 aliphatic rings. The van der Waals surface area contributed by atoms with Gasteiger partial charge in [-0.2, -0.15) is 0 Å². The Labute approximate surface area is 111 Å². The molecular weight excluding hydrogens is 248 g/mol. The molecule has 0 unspecified atom stereocenters. The molecule has 0 atom stereocenters. The number of rotatable bonds is 4. The van der Waals surface area contributed by atoms with Crippen molar-refractivity contribution in [3.05, 3.63) is 23.3 Å². The van der Waals surface area contributed by atoms with Crippen LogP contribution in [0.25, 0.3) is 0 Å². The summed E-state index contributed by atoms with van der Waals surface area (Å²) >= 11 is 0. The lowest BCUT2D eigenvalue weighted by Gasteiger charge is -2.25. The molecule has 1 aliphatic heterocycles. The smallest absolute Gasteiger partial charge is 0.314 e. The van der Waals surface area contributed by atoms with Crippen LogP contribution >= 0.6 is 0 Å². The molecule has 0 aromatic heterocycles. The predicted molar refractivity (Wildman–Crippen MR) is 66.7 cm³/mol. The van der Waals surface area contributed by atoms with Gasteiger partial charge in [-0.1, -0.05) is 6.07 Å². The summed E-state index contributed by atoms with van der Waals surface area (Å²) in [7, 11) is 1.60. The molecule has 5 nitrogen and oxygen atoms in total. The highest BCUT2D eigenvalue weighted by Crippen LogP contribution is 2.55. The van der Waals surface area contributed by atoms with Crippen LogP contribution in [-0.2, 0) is 21.6 Å². The summed E-state index contributed by atoms with van der Waals surface area (Å²) in [5.74, 6) is 0.418. The van der Waals surface area contributed by atoms with Crippen molar-refractivity contribution in [2.24, 2.45) is 0 Å². The van der Waals surface area contributed by atoms with E-state index in [0.717, 1.165) is 11.1 Å². The summed E-state index contributed by atoms with van der Waals surface area (Å²) in [4.78, 5) is 11.6. The third-order valence-corrected chi connectivity index (χ3v) is 3.73. The Bertz CT molecular complexity index is 519. The van der Waals surface area contributed by atoms with Gasteiger partial charge in [-0.05, 0) is 24.5 Å². The molecule has 0 spiro atoms. The van der Waals surface area contributed by atoms with E-state index in [1.807, 2.05) is 12.1 Å². The SMILES string of the molecule is COCc1ccc2c(c1C1(C(=O)O)CC1)OCCO2. The zero-order chi connectivity index (χ0) is 13.5. The average Bonchev–Trinajstić information content (AvgIpc) is 3.20. The van der Waals surface area contributed by atoms with Crippen molar-refractivity contribution < 1.29 is 24.1 Å². The molecule has 3 rings (SSSR count). The van der Waals surface area contributed by atoms with Gasteiger partial charge in [-0.15, -0.1) is 0 Å². The van der Waals surface area contributed by atoms with E-state index >= 15 is 0 Å². The Balaban J connectivity index is 2.16. The van der Waals surface area contributed by atoms with E-state index in [4.69, 9.17) is 14.2 Å². The van der Waals surface area contributed by atoms with Gasteiger partial charge in [0.2, 0.25) is 0 Å². The van der Waals surface area contributed by atoms with Crippen molar-refractivity contribution in [3.8, 4) is 11.5 Å². The van der Waals surface area contributed by atoms with Crippen molar-refractivity contribution in [1.29, 1.82) is 0 Å². The first-order valence-electron chi connectivity index (χ1n) is 6.33. The number of fused-ring (bicyclic) bond motifs is 1. The van der Waals surface area contributed by atoms with Gasteiger partial charge < -0.3 is 19.3 Å². The Morgan fingerprint density at radius 2 is 2.11 bits per heavy atom. The van der Waals surface area contributed by atoms with Gasteiger partial charge in [0.15, 0.2) is 11.5 Å². The molecule has 1 aromatic carbocycles. The fourth-order valence-electron chi connectivity index (χ4n) is 2.65. The van der Waals surface area contributed by atoms with E-state index in [2.05, 4.69) is 0 Å². The van der Waals surface area contributed by atoms with Crippen molar-refractivity contribution in [3.63, 3.8) is 0 Å². The Hall–Kier alpha value is -1.75. The molecule has 1 fully saturated rings. The molecule has 5 heteroatoms. The van der Waals surface area contributed by atoms with Crippen LogP contribution in [0.15, 0.2) is 12.1 Å². The average molecular weight is 264 g/mol. The largest absolute Gasteiger partial charge is 0.486 e. The first-order chi connectivity index (χ1) is 9.19. The topological polar surface area (TPSA) is 65.0 Å². The maximum atomic E-state index is 11.6. The molecule has 1 aliphatic carbocycles. The molecule has 0 bridgehead atoms. The fraction of sp³-hybridized carbons (Fsp3) is 0.500. The molecule has 0 radical (unpaired) electrons. The van der Waals surface area contributed by atoms with Gasteiger partial charge in [0, 0.05) is 12.7 Å². The van der Waals surface area contributed by atoms with E-state index in [-0.39, 0.29) is 0 Å². The highest BCUT2D eigenvalue weighted by Gasteiger charge is 2.55. The molecule has 19 heavy (non-hydrogen) atoms. The summed E-state index contributed by atoms with van der Waals surface area (Å²) in [6.45, 7) is 1.32. The maximum Gasteiger partial charge on any atom is 0.314 e. The fourth-order valence-corrected chi connectivity index (χ4v) is 2.65. The standard InChI is InChI=1S/C14H16O5/c1-17-8-9-2-3-10-12(19-7-6-18-10)11(9)14(4-5-14)13(15)16/h2-3H,4-8H2,1H3,(H,15,16). The number of hydrogen-bond donors (Lipinski definition) is 1. The summed E-state index contributed by atoms with van der Waals surface area (Å²) in [6, 6.07) is 3.69. The van der Waals surface area contributed by atoms with Crippen molar-refractivity contribution in [1.82, 2.24) is 0 Å². The molecule has 102 valence electrons. The van der Waals surface area contributed by atoms with Crippen LogP contribution < -0.4 is 9.47 Å². The van der Waals surface area contributed by atoms with Crippen LogP contribution in [0.2, 0.25) is 0 Å². The van der Waals surface area contributed by atoms with Crippen molar-refractivity contribution in [2.75, 3.05) is 20.3 Å². The lowest BCUT2D eigenvalue weighted by Crippen LogP contribution is -2.25. The van der Waals surface area contributed by atoms with Crippen LogP contribution in [0.5, 0.6) is 11.5 Å². The third-order valence-electron chi connectivity index (χ3n) is 3.73. The lowest BCUT2D eigenvalue weighted by molar-refractivity contribution is -0.140. The number of aliphatic carboxylic acids is 1. The second-order valence-corrected chi connectivity index (χ2v) is 4.94. The zero-order valence-corrected chi connectivity index (χ0v) is 10.8. The van der Waals surface area contributed by atoms with Gasteiger partial charge in [-0.25, -0.2) is 0 Å². The van der Waals surface area contributed by atoms with Crippen molar-refractivity contribution in [2.45, 2.75) is 24.9 Å². The molecule has 0 amide bonds. The minimum Gasteiger partial charge on any atom is -0.486 e. The Morgan fingerprint density at radius 3 is 2.74 bits per heavy atom. The Kier molecular flexibility index (Phi) is 2.86. The van der Waals surface area contributed by atoms with Crippen LogP contribution in [0, 0.1) is 0 Å². The number of carboxylic acids is 1. The van der Waals surface area contributed by atoms with Crippen LogP contribution in [-0.4, -0.2) is 31.4 Å². The molecule has 1 aromatic rings. The molecule has 1 saturated carbocycles. The van der Waals surface area contributed by atoms with E-state index < -0.39 is 11.4 Å². The van der Waals surface area contributed by atoms with Crippen LogP contribution in [0.1, 0.15) is 24.0 Å². The first kappa shape index (κ1) is 12.3. The lowest BCUT2D eigenvalue weighted by atomic mass is 9.90. The quantitative estimate of drug-likeness (QED) is 0.897. The van der Waals surface area contributed by atoms with Gasteiger partial charge in [-0.3, -0.25) is 4.79 Å². The molecule has 1 N–H and O–H groups in total. The minimum atomic E-state index is -0.820. The highest BCUT2D eigenvalue weighted by molar-refractivity contribution is 5.87. The molecule has 0 saturated heterocycles. The molecule has 1 heterocycles. The number of hydrogen-bond acceptors (Lipinski definition) is 4. The minimum absolute atomic E-state index is 0.376. The van der Waals surface area contributed by atoms with Gasteiger partial charge in [0.1, 0.15) is 13.2 Å². The van der Waals surface area contributed by atoms with E-state index in [9.17, 15) is 9.90 Å². The number of benzene rings is 1. The van der Waals surface area contributed by atoms with Gasteiger partial charge in [0.25, 0.3) is 0 Å². The van der Waals surface area contributed by atoms with E-state index in [1.165, 1.54) is 0 Å². The Morgan fingerprint density at radius 1 is 1.37 bits per heavy atom. The normalized spacial score (nSPS) is 19.0. The number of carboxylic acid groups (broad SMARTS) is 1. The van der Waals surface area contributed by atoms with Crippen molar-refractivity contribution >= 4 is 5.97 Å². The summed E-state index contributed by atoms with van der Waals surface area (Å²) in [5, 5.41) is 9.51. The second-order valence-electron chi connectivity index (χ2n) is 4.94. The van der Waals surface area contributed by atoms with Crippen LogP contribution in [0.4, 0.5) is 0 Å².